The van der Waals surface area contributed by atoms with E-state index in [4.69, 9.17) is 14.7 Å². The molecule has 0 fully saturated rings. The van der Waals surface area contributed by atoms with Crippen LogP contribution in [0.1, 0.15) is 12.5 Å². The normalized spacial score (nSPS) is 15.5. The van der Waals surface area contributed by atoms with E-state index in [0.717, 1.165) is 40.5 Å². The van der Waals surface area contributed by atoms with Crippen molar-refractivity contribution in [3.8, 4) is 11.5 Å². The second-order valence-electron chi connectivity index (χ2n) is 7.45. The number of anilines is 2. The number of nitrogens with zero attached hydrogens (tertiary/aromatic N) is 4. The molecule has 1 aliphatic heterocycles. The van der Waals surface area contributed by atoms with E-state index in [1.807, 2.05) is 42.5 Å². The molecule has 2 aromatic heterocycles. The lowest BCUT2D eigenvalue weighted by Crippen LogP contribution is -2.37. The first-order valence-corrected chi connectivity index (χ1v) is 9.83. The third kappa shape index (κ3) is 3.38. The fraction of sp³-hybridized carbons (Fsp3) is 0.217. The number of likely N-dealkylation sites (N-methyl/N-ethyl adjacent to an activating group) is 1. The van der Waals surface area contributed by atoms with E-state index in [2.05, 4.69) is 53.2 Å². The molecule has 29 heavy (non-hydrogen) atoms. The first-order valence-electron chi connectivity index (χ1n) is 9.83. The molecule has 0 aliphatic carbocycles. The highest BCUT2D eigenvalue weighted by Gasteiger charge is 2.24. The summed E-state index contributed by atoms with van der Waals surface area (Å²) in [7, 11) is 2.10. The topological polar surface area (TPSA) is 55.2 Å². The quantitative estimate of drug-likeness (QED) is 0.541. The Morgan fingerprint density at radius 1 is 1.00 bits per heavy atom. The zero-order valence-electron chi connectivity index (χ0n) is 16.5. The maximum atomic E-state index is 5.85. The summed E-state index contributed by atoms with van der Waals surface area (Å²) in [5.41, 5.74) is 3.23. The average Bonchev–Trinajstić information content (AvgIpc) is 3.15. The number of hydrogen-bond acceptors (Lipinski definition) is 5. The number of rotatable bonds is 5. The summed E-state index contributed by atoms with van der Waals surface area (Å²) in [6.07, 6.45) is 2.10. The molecule has 1 atom stereocenters. The zero-order chi connectivity index (χ0) is 19.8. The van der Waals surface area contributed by atoms with E-state index in [-0.39, 0.29) is 0 Å². The summed E-state index contributed by atoms with van der Waals surface area (Å²) in [5.74, 6) is 3.28. The molecule has 0 radical (unpaired) electrons. The van der Waals surface area contributed by atoms with Gasteiger partial charge in [0.25, 0.3) is 0 Å². The Hall–Kier alpha value is -3.54. The second kappa shape index (κ2) is 7.13. The molecular formula is C23H23N5O. The van der Waals surface area contributed by atoms with Crippen molar-refractivity contribution in [2.75, 3.05) is 17.3 Å². The summed E-state index contributed by atoms with van der Waals surface area (Å²) in [4.78, 5) is 11.7. The molecule has 0 amide bonds. The molecule has 6 nitrogen and oxygen atoms in total. The van der Waals surface area contributed by atoms with Crippen LogP contribution in [-0.2, 0) is 13.1 Å². The molecule has 2 aromatic carbocycles. The zero-order valence-corrected chi connectivity index (χ0v) is 16.5. The Balaban J connectivity index is 1.31. The fourth-order valence-electron chi connectivity index (χ4n) is 3.66. The van der Waals surface area contributed by atoms with Crippen LogP contribution in [0.3, 0.4) is 0 Å². The van der Waals surface area contributed by atoms with Gasteiger partial charge in [-0.1, -0.05) is 30.3 Å². The second-order valence-corrected chi connectivity index (χ2v) is 7.45. The average molecular weight is 385 g/mol. The molecule has 146 valence electrons. The molecule has 0 saturated carbocycles. The van der Waals surface area contributed by atoms with Gasteiger partial charge in [0.05, 0.1) is 5.52 Å². The molecule has 0 spiro atoms. The van der Waals surface area contributed by atoms with Gasteiger partial charge in [-0.2, -0.15) is 4.98 Å². The van der Waals surface area contributed by atoms with Gasteiger partial charge in [-0.15, -0.1) is 0 Å². The standard InChI is InChI=1S/C23H23N5O/c1-16-15-28-13-12-20-21(28)22(27(16)2)26-23(25-20)24-14-17-8-10-19(11-9-17)29-18-6-4-3-5-7-18/h3-13,16H,14-15H2,1-2H3,(H,24,25,26). The maximum absolute atomic E-state index is 5.85. The van der Waals surface area contributed by atoms with Gasteiger partial charge < -0.3 is 19.5 Å². The molecule has 5 rings (SSSR count). The van der Waals surface area contributed by atoms with Crippen molar-refractivity contribution < 1.29 is 4.74 Å². The van der Waals surface area contributed by atoms with Crippen molar-refractivity contribution in [3.05, 3.63) is 72.4 Å². The van der Waals surface area contributed by atoms with Gasteiger partial charge in [0.2, 0.25) is 5.95 Å². The molecule has 0 saturated heterocycles. The van der Waals surface area contributed by atoms with Crippen molar-refractivity contribution in [2.45, 2.75) is 26.1 Å². The van der Waals surface area contributed by atoms with Crippen molar-refractivity contribution in [3.63, 3.8) is 0 Å². The number of ether oxygens (including phenoxy) is 1. The van der Waals surface area contributed by atoms with Crippen molar-refractivity contribution in [1.29, 1.82) is 0 Å². The maximum Gasteiger partial charge on any atom is 0.225 e. The van der Waals surface area contributed by atoms with E-state index in [0.29, 0.717) is 18.5 Å². The van der Waals surface area contributed by atoms with Gasteiger partial charge >= 0.3 is 0 Å². The molecular weight excluding hydrogens is 362 g/mol. The molecule has 3 heterocycles. The predicted molar refractivity (Wildman–Crippen MR) is 116 cm³/mol. The van der Waals surface area contributed by atoms with E-state index in [1.54, 1.807) is 0 Å². The highest BCUT2D eigenvalue weighted by atomic mass is 16.5. The van der Waals surface area contributed by atoms with E-state index in [1.165, 1.54) is 0 Å². The van der Waals surface area contributed by atoms with Crippen LogP contribution >= 0.6 is 0 Å². The summed E-state index contributed by atoms with van der Waals surface area (Å²) in [5, 5.41) is 3.37. The van der Waals surface area contributed by atoms with E-state index >= 15 is 0 Å². The van der Waals surface area contributed by atoms with Crippen LogP contribution in [0.25, 0.3) is 11.0 Å². The Morgan fingerprint density at radius 2 is 1.76 bits per heavy atom. The highest BCUT2D eigenvalue weighted by Crippen LogP contribution is 2.31. The Kier molecular flexibility index (Phi) is 4.31. The van der Waals surface area contributed by atoms with Crippen LogP contribution in [0.2, 0.25) is 0 Å². The summed E-state index contributed by atoms with van der Waals surface area (Å²) in [6, 6.07) is 20.3. The molecule has 1 N–H and O–H groups in total. The van der Waals surface area contributed by atoms with Crippen LogP contribution in [0.5, 0.6) is 11.5 Å². The molecule has 1 aliphatic rings. The number of hydrogen-bond donors (Lipinski definition) is 1. The third-order valence-corrected chi connectivity index (χ3v) is 5.40. The van der Waals surface area contributed by atoms with Crippen LogP contribution in [0, 0.1) is 0 Å². The predicted octanol–water partition coefficient (Wildman–Crippen LogP) is 4.67. The van der Waals surface area contributed by atoms with Gasteiger partial charge in [-0.25, -0.2) is 4.98 Å². The van der Waals surface area contributed by atoms with Crippen LogP contribution in [-0.4, -0.2) is 27.6 Å². The lowest BCUT2D eigenvalue weighted by molar-refractivity contribution is 0.482. The van der Waals surface area contributed by atoms with Gasteiger partial charge in [-0.05, 0) is 42.8 Å². The molecule has 0 bridgehead atoms. The number of para-hydroxylation sites is 1. The van der Waals surface area contributed by atoms with Gasteiger partial charge in [0.15, 0.2) is 5.82 Å². The van der Waals surface area contributed by atoms with Gasteiger partial charge in [-0.3, -0.25) is 0 Å². The summed E-state index contributed by atoms with van der Waals surface area (Å²) >= 11 is 0. The van der Waals surface area contributed by atoms with Gasteiger partial charge in [0, 0.05) is 32.4 Å². The third-order valence-electron chi connectivity index (χ3n) is 5.40. The van der Waals surface area contributed by atoms with Crippen LogP contribution in [0.4, 0.5) is 11.8 Å². The smallest absolute Gasteiger partial charge is 0.225 e. The van der Waals surface area contributed by atoms with E-state index < -0.39 is 0 Å². The minimum atomic E-state index is 0.401. The Morgan fingerprint density at radius 3 is 2.55 bits per heavy atom. The fourth-order valence-corrected chi connectivity index (χ4v) is 3.66. The first kappa shape index (κ1) is 17.6. The van der Waals surface area contributed by atoms with Crippen molar-refractivity contribution in [1.82, 2.24) is 14.5 Å². The van der Waals surface area contributed by atoms with Gasteiger partial charge in [0.1, 0.15) is 17.0 Å². The number of benzene rings is 2. The minimum absolute atomic E-state index is 0.401. The van der Waals surface area contributed by atoms with Crippen LogP contribution in [0.15, 0.2) is 66.9 Å². The largest absolute Gasteiger partial charge is 0.457 e. The van der Waals surface area contributed by atoms with E-state index in [9.17, 15) is 0 Å². The SMILES string of the molecule is CC1Cn2ccc3nc(NCc4ccc(Oc5ccccc5)cc4)nc(c32)N1C. The summed E-state index contributed by atoms with van der Waals surface area (Å²) in [6.45, 7) is 3.82. The van der Waals surface area contributed by atoms with Crippen molar-refractivity contribution >= 4 is 22.8 Å². The lowest BCUT2D eigenvalue weighted by Gasteiger charge is -2.32. The molecule has 6 heteroatoms. The summed E-state index contributed by atoms with van der Waals surface area (Å²) < 4.78 is 8.09. The Bertz CT molecular complexity index is 1140. The number of aromatic nitrogens is 3. The lowest BCUT2D eigenvalue weighted by atomic mass is 10.2. The highest BCUT2D eigenvalue weighted by molar-refractivity contribution is 5.89. The molecule has 4 aromatic rings. The van der Waals surface area contributed by atoms with Crippen molar-refractivity contribution in [2.24, 2.45) is 0 Å². The minimum Gasteiger partial charge on any atom is -0.457 e. The first-order chi connectivity index (χ1) is 14.2. The monoisotopic (exact) mass is 385 g/mol. The Labute approximate surface area is 169 Å². The number of nitrogens with one attached hydrogen (secondary N) is 1. The van der Waals surface area contributed by atoms with Crippen LogP contribution < -0.4 is 15.0 Å². The molecule has 1 unspecified atom stereocenters.